The van der Waals surface area contributed by atoms with E-state index in [1.165, 1.54) is 24.8 Å². The van der Waals surface area contributed by atoms with Gasteiger partial charge in [0.1, 0.15) is 0 Å². The number of H-pyrrole nitrogens is 1. The van der Waals surface area contributed by atoms with Gasteiger partial charge < -0.3 is 5.32 Å². The Labute approximate surface area is 131 Å². The molecular weight excluding hydrogens is 274 g/mol. The van der Waals surface area contributed by atoms with Crippen molar-refractivity contribution >= 4 is 5.91 Å². The summed E-state index contributed by atoms with van der Waals surface area (Å²) < 4.78 is 0. The predicted octanol–water partition coefficient (Wildman–Crippen LogP) is 3.70. The van der Waals surface area contributed by atoms with Crippen LogP contribution >= 0.6 is 0 Å². The fourth-order valence-electron chi connectivity index (χ4n) is 3.10. The van der Waals surface area contributed by atoms with Gasteiger partial charge >= 0.3 is 0 Å². The van der Waals surface area contributed by atoms with E-state index < -0.39 is 0 Å². The number of amides is 1. The summed E-state index contributed by atoms with van der Waals surface area (Å²) >= 11 is 0. The highest BCUT2D eigenvalue weighted by Crippen LogP contribution is 2.23. The largest absolute Gasteiger partial charge is 0.349 e. The lowest BCUT2D eigenvalue weighted by atomic mass is 9.95. The topological polar surface area (TPSA) is 57.8 Å². The molecule has 1 aromatic heterocycles. The molecule has 1 amide bonds. The number of hydrogen-bond donors (Lipinski definition) is 2. The highest BCUT2D eigenvalue weighted by molar-refractivity contribution is 5.99. The van der Waals surface area contributed by atoms with Gasteiger partial charge in [-0.2, -0.15) is 5.10 Å². The first kappa shape index (κ1) is 14.8. The van der Waals surface area contributed by atoms with Gasteiger partial charge in [0.25, 0.3) is 5.91 Å². The third-order valence-electron chi connectivity index (χ3n) is 4.48. The van der Waals surface area contributed by atoms with Crippen LogP contribution in [-0.2, 0) is 6.42 Å². The lowest BCUT2D eigenvalue weighted by molar-refractivity contribution is 0.0928. The van der Waals surface area contributed by atoms with E-state index in [-0.39, 0.29) is 5.91 Å². The zero-order valence-corrected chi connectivity index (χ0v) is 13.1. The molecule has 2 aromatic rings. The molecule has 3 rings (SSSR count). The molecule has 1 aliphatic rings. The standard InChI is InChI=1S/C18H23N3O/c1-2-13-8-10-14(11-9-13)17-16(12-19-21-17)18(22)20-15-6-4-3-5-7-15/h8-12,15H,2-7H2,1H3,(H,19,21)(H,20,22). The van der Waals surface area contributed by atoms with E-state index in [9.17, 15) is 4.79 Å². The van der Waals surface area contributed by atoms with Crippen molar-refractivity contribution in [2.75, 3.05) is 0 Å². The van der Waals surface area contributed by atoms with E-state index >= 15 is 0 Å². The maximum atomic E-state index is 12.5. The molecular formula is C18H23N3O. The SMILES string of the molecule is CCc1ccc(-c2[nH]ncc2C(=O)NC2CCCCC2)cc1. The fraction of sp³-hybridized carbons (Fsp3) is 0.444. The van der Waals surface area contributed by atoms with Crippen LogP contribution in [0.5, 0.6) is 0 Å². The molecule has 0 spiro atoms. The highest BCUT2D eigenvalue weighted by atomic mass is 16.1. The Morgan fingerprint density at radius 2 is 1.95 bits per heavy atom. The molecule has 1 fully saturated rings. The molecule has 1 aromatic carbocycles. The third-order valence-corrected chi connectivity index (χ3v) is 4.48. The van der Waals surface area contributed by atoms with Crippen molar-refractivity contribution < 1.29 is 4.79 Å². The molecule has 1 aliphatic carbocycles. The monoisotopic (exact) mass is 297 g/mol. The van der Waals surface area contributed by atoms with Gasteiger partial charge in [0.05, 0.1) is 17.5 Å². The Balaban J connectivity index is 1.76. The van der Waals surface area contributed by atoms with Crippen LogP contribution in [0.4, 0.5) is 0 Å². The summed E-state index contributed by atoms with van der Waals surface area (Å²) in [7, 11) is 0. The molecule has 0 radical (unpaired) electrons. The maximum Gasteiger partial charge on any atom is 0.255 e. The van der Waals surface area contributed by atoms with Gasteiger partial charge in [0, 0.05) is 11.6 Å². The normalized spacial score (nSPS) is 15.7. The molecule has 0 saturated heterocycles. The van der Waals surface area contributed by atoms with Crippen molar-refractivity contribution in [1.82, 2.24) is 15.5 Å². The fourth-order valence-corrected chi connectivity index (χ4v) is 3.10. The quantitative estimate of drug-likeness (QED) is 0.904. The zero-order valence-electron chi connectivity index (χ0n) is 13.1. The van der Waals surface area contributed by atoms with Crippen molar-refractivity contribution in [3.05, 3.63) is 41.6 Å². The van der Waals surface area contributed by atoms with Gasteiger partial charge in [-0.1, -0.05) is 50.5 Å². The highest BCUT2D eigenvalue weighted by Gasteiger charge is 2.20. The lowest BCUT2D eigenvalue weighted by Gasteiger charge is -2.22. The van der Waals surface area contributed by atoms with Gasteiger partial charge in [0.15, 0.2) is 0 Å². The number of nitrogens with zero attached hydrogens (tertiary/aromatic N) is 1. The van der Waals surface area contributed by atoms with Crippen molar-refractivity contribution in [3.63, 3.8) is 0 Å². The third kappa shape index (κ3) is 3.21. The summed E-state index contributed by atoms with van der Waals surface area (Å²) in [5.41, 5.74) is 3.73. The van der Waals surface area contributed by atoms with Gasteiger partial charge in [-0.05, 0) is 24.8 Å². The van der Waals surface area contributed by atoms with Gasteiger partial charge in [-0.15, -0.1) is 0 Å². The second-order valence-corrected chi connectivity index (χ2v) is 6.02. The Morgan fingerprint density at radius 1 is 1.23 bits per heavy atom. The average Bonchev–Trinajstić information content (AvgIpc) is 3.05. The number of aryl methyl sites for hydroxylation is 1. The minimum Gasteiger partial charge on any atom is -0.349 e. The van der Waals surface area contributed by atoms with Crippen LogP contribution in [0.1, 0.15) is 54.9 Å². The van der Waals surface area contributed by atoms with E-state index in [0.29, 0.717) is 11.6 Å². The number of rotatable bonds is 4. The van der Waals surface area contributed by atoms with Crippen LogP contribution in [0.15, 0.2) is 30.5 Å². The van der Waals surface area contributed by atoms with Gasteiger partial charge in [-0.25, -0.2) is 0 Å². The van der Waals surface area contributed by atoms with Crippen LogP contribution in [0, 0.1) is 0 Å². The summed E-state index contributed by atoms with van der Waals surface area (Å²) in [6.45, 7) is 2.13. The summed E-state index contributed by atoms with van der Waals surface area (Å²) in [6.07, 6.45) is 8.52. The van der Waals surface area contributed by atoms with E-state index in [1.807, 2.05) is 12.1 Å². The summed E-state index contributed by atoms with van der Waals surface area (Å²) in [6, 6.07) is 8.59. The Kier molecular flexibility index (Phi) is 4.56. The molecule has 1 saturated carbocycles. The number of benzene rings is 1. The number of hydrogen-bond acceptors (Lipinski definition) is 2. The van der Waals surface area contributed by atoms with Gasteiger partial charge in [-0.3, -0.25) is 9.89 Å². The van der Waals surface area contributed by atoms with Crippen LogP contribution in [-0.4, -0.2) is 22.1 Å². The minimum absolute atomic E-state index is 0.0183. The average molecular weight is 297 g/mol. The maximum absolute atomic E-state index is 12.5. The number of aromatic amines is 1. The Hall–Kier alpha value is -2.10. The van der Waals surface area contributed by atoms with E-state index in [4.69, 9.17) is 0 Å². The molecule has 0 bridgehead atoms. The number of aromatic nitrogens is 2. The zero-order chi connectivity index (χ0) is 15.4. The minimum atomic E-state index is -0.0183. The van der Waals surface area contributed by atoms with E-state index in [2.05, 4.69) is 34.6 Å². The molecule has 0 aliphatic heterocycles. The molecule has 0 unspecified atom stereocenters. The van der Waals surface area contributed by atoms with Crippen LogP contribution in [0.25, 0.3) is 11.3 Å². The molecule has 1 heterocycles. The first-order valence-corrected chi connectivity index (χ1v) is 8.21. The number of carbonyl (C=O) groups is 1. The second-order valence-electron chi connectivity index (χ2n) is 6.02. The van der Waals surface area contributed by atoms with Crippen molar-refractivity contribution in [2.45, 2.75) is 51.5 Å². The molecule has 4 heteroatoms. The second kappa shape index (κ2) is 6.77. The molecule has 0 atom stereocenters. The van der Waals surface area contributed by atoms with Crippen molar-refractivity contribution in [1.29, 1.82) is 0 Å². The molecule has 4 nitrogen and oxygen atoms in total. The summed E-state index contributed by atoms with van der Waals surface area (Å²) in [4.78, 5) is 12.5. The summed E-state index contributed by atoms with van der Waals surface area (Å²) in [5.74, 6) is -0.0183. The van der Waals surface area contributed by atoms with Crippen molar-refractivity contribution in [3.8, 4) is 11.3 Å². The summed E-state index contributed by atoms with van der Waals surface area (Å²) in [5, 5.41) is 10.2. The molecule has 2 N–H and O–H groups in total. The van der Waals surface area contributed by atoms with E-state index in [1.54, 1.807) is 6.20 Å². The molecule has 22 heavy (non-hydrogen) atoms. The van der Waals surface area contributed by atoms with Crippen LogP contribution in [0.3, 0.4) is 0 Å². The van der Waals surface area contributed by atoms with Crippen LogP contribution < -0.4 is 5.32 Å². The van der Waals surface area contributed by atoms with Crippen molar-refractivity contribution in [2.24, 2.45) is 0 Å². The smallest absolute Gasteiger partial charge is 0.255 e. The first-order valence-electron chi connectivity index (χ1n) is 8.21. The Morgan fingerprint density at radius 3 is 2.64 bits per heavy atom. The predicted molar refractivity (Wildman–Crippen MR) is 87.7 cm³/mol. The number of nitrogens with one attached hydrogen (secondary N) is 2. The number of carbonyl (C=O) groups excluding carboxylic acids is 1. The first-order chi connectivity index (χ1) is 10.8. The van der Waals surface area contributed by atoms with Gasteiger partial charge in [0.2, 0.25) is 0 Å². The lowest BCUT2D eigenvalue weighted by Crippen LogP contribution is -2.36. The molecule has 116 valence electrons. The van der Waals surface area contributed by atoms with Crippen LogP contribution in [0.2, 0.25) is 0 Å². The Bertz CT molecular complexity index is 624. The van der Waals surface area contributed by atoms with E-state index in [0.717, 1.165) is 30.5 Å².